The van der Waals surface area contributed by atoms with Gasteiger partial charge in [-0.15, -0.1) is 0 Å². The molecule has 82 valence electrons. The predicted molar refractivity (Wildman–Crippen MR) is 51.7 cm³/mol. The van der Waals surface area contributed by atoms with Gasteiger partial charge in [0, 0.05) is 11.8 Å². The van der Waals surface area contributed by atoms with Crippen LogP contribution in [0.4, 0.5) is 0 Å². The van der Waals surface area contributed by atoms with Crippen LogP contribution in [0.2, 0.25) is 0 Å². The number of carbonyl (C=O) groups excluding carboxylic acids is 2. The molecule has 2 N–H and O–H groups in total. The third-order valence-corrected chi connectivity index (χ3v) is 2.02. The van der Waals surface area contributed by atoms with Crippen molar-refractivity contribution in [2.24, 2.45) is 11.8 Å². The number of aliphatic hydroxyl groups excluding tert-OH is 2. The lowest BCUT2D eigenvalue weighted by molar-refractivity contribution is -0.146. The third-order valence-electron chi connectivity index (χ3n) is 2.02. The summed E-state index contributed by atoms with van der Waals surface area (Å²) in [5.41, 5.74) is 0. The molecule has 0 saturated carbocycles. The Hall–Kier alpha value is -0.740. The summed E-state index contributed by atoms with van der Waals surface area (Å²) in [5.74, 6) is -1.79. The molecule has 0 aromatic carbocycles. The molecule has 0 spiro atoms. The molecular weight excluding hydrogens is 184 g/mol. The Kier molecular flexibility index (Phi) is 4.94. The van der Waals surface area contributed by atoms with Crippen LogP contribution in [0.15, 0.2) is 0 Å². The van der Waals surface area contributed by atoms with E-state index < -0.39 is 23.8 Å². The van der Waals surface area contributed by atoms with Crippen LogP contribution < -0.4 is 0 Å². The van der Waals surface area contributed by atoms with Crippen molar-refractivity contribution in [1.82, 2.24) is 0 Å². The van der Waals surface area contributed by atoms with Crippen LogP contribution in [0.3, 0.4) is 0 Å². The van der Waals surface area contributed by atoms with E-state index in [-0.39, 0.29) is 11.8 Å². The predicted octanol–water partition coefficient (Wildman–Crippen LogP) is 0.158. The SMILES string of the molecule is CC(C)C(=O)C(O)C(O)C(=O)C(C)C. The molecule has 0 saturated heterocycles. The fourth-order valence-corrected chi connectivity index (χ4v) is 0.994. The van der Waals surface area contributed by atoms with E-state index in [0.717, 1.165) is 0 Å². The van der Waals surface area contributed by atoms with E-state index in [9.17, 15) is 19.8 Å². The second-order valence-corrected chi connectivity index (χ2v) is 4.00. The van der Waals surface area contributed by atoms with E-state index in [1.165, 1.54) is 0 Å². The Morgan fingerprint density at radius 2 is 1.00 bits per heavy atom. The van der Waals surface area contributed by atoms with Gasteiger partial charge in [-0.3, -0.25) is 9.59 Å². The monoisotopic (exact) mass is 202 g/mol. The van der Waals surface area contributed by atoms with Gasteiger partial charge in [0.2, 0.25) is 0 Å². The van der Waals surface area contributed by atoms with E-state index in [0.29, 0.717) is 0 Å². The van der Waals surface area contributed by atoms with Crippen LogP contribution in [0.5, 0.6) is 0 Å². The molecule has 0 aliphatic carbocycles. The summed E-state index contributed by atoms with van der Waals surface area (Å²) in [5, 5.41) is 18.7. The van der Waals surface area contributed by atoms with Gasteiger partial charge in [0.1, 0.15) is 12.2 Å². The molecule has 0 amide bonds. The van der Waals surface area contributed by atoms with Crippen molar-refractivity contribution in [2.45, 2.75) is 39.9 Å². The number of carbonyl (C=O) groups is 2. The summed E-state index contributed by atoms with van der Waals surface area (Å²) in [6.07, 6.45) is -3.19. The largest absolute Gasteiger partial charge is 0.382 e. The standard InChI is InChI=1S/C10H18O4/c1-5(2)7(11)9(13)10(14)8(12)6(3)4/h5-6,9-10,13-14H,1-4H3. The molecule has 0 aliphatic heterocycles. The number of hydrogen-bond acceptors (Lipinski definition) is 4. The number of ketones is 2. The van der Waals surface area contributed by atoms with Crippen molar-refractivity contribution in [1.29, 1.82) is 0 Å². The smallest absolute Gasteiger partial charge is 0.166 e. The van der Waals surface area contributed by atoms with E-state index in [1.807, 2.05) is 0 Å². The number of Topliss-reactive ketones (excluding diaryl/α,β-unsaturated/α-hetero) is 2. The second-order valence-electron chi connectivity index (χ2n) is 4.00. The van der Waals surface area contributed by atoms with Crippen molar-refractivity contribution in [3.05, 3.63) is 0 Å². The van der Waals surface area contributed by atoms with E-state index >= 15 is 0 Å². The molecule has 4 heteroatoms. The molecule has 0 aliphatic rings. The Labute approximate surface area is 83.9 Å². The van der Waals surface area contributed by atoms with Crippen molar-refractivity contribution in [3.63, 3.8) is 0 Å². The zero-order valence-corrected chi connectivity index (χ0v) is 9.02. The van der Waals surface area contributed by atoms with Gasteiger partial charge < -0.3 is 10.2 Å². The fraction of sp³-hybridized carbons (Fsp3) is 0.800. The quantitative estimate of drug-likeness (QED) is 0.666. The second kappa shape index (κ2) is 5.22. The highest BCUT2D eigenvalue weighted by Crippen LogP contribution is 2.08. The van der Waals surface area contributed by atoms with Gasteiger partial charge in [0.05, 0.1) is 0 Å². The zero-order chi connectivity index (χ0) is 11.5. The number of rotatable bonds is 5. The highest BCUT2D eigenvalue weighted by atomic mass is 16.3. The molecule has 2 atom stereocenters. The van der Waals surface area contributed by atoms with Crippen molar-refractivity contribution < 1.29 is 19.8 Å². The fourth-order valence-electron chi connectivity index (χ4n) is 0.994. The van der Waals surface area contributed by atoms with Gasteiger partial charge in [-0.2, -0.15) is 0 Å². The molecule has 14 heavy (non-hydrogen) atoms. The van der Waals surface area contributed by atoms with Gasteiger partial charge in [-0.25, -0.2) is 0 Å². The molecule has 0 fully saturated rings. The zero-order valence-electron chi connectivity index (χ0n) is 9.02. The van der Waals surface area contributed by atoms with E-state index in [4.69, 9.17) is 0 Å². The maximum atomic E-state index is 11.2. The Morgan fingerprint density at radius 3 is 1.14 bits per heavy atom. The number of aliphatic hydroxyl groups is 2. The molecular formula is C10H18O4. The van der Waals surface area contributed by atoms with Crippen LogP contribution in [-0.4, -0.2) is 34.0 Å². The van der Waals surface area contributed by atoms with Gasteiger partial charge in [-0.1, -0.05) is 27.7 Å². The minimum Gasteiger partial charge on any atom is -0.382 e. The van der Waals surface area contributed by atoms with Crippen LogP contribution in [0.1, 0.15) is 27.7 Å². The lowest BCUT2D eigenvalue weighted by Crippen LogP contribution is -2.43. The average Bonchev–Trinajstić information content (AvgIpc) is 2.12. The summed E-state index contributed by atoms with van der Waals surface area (Å²) in [6.45, 7) is 6.44. The first kappa shape index (κ1) is 13.3. The molecule has 4 nitrogen and oxygen atoms in total. The third kappa shape index (κ3) is 3.20. The Bertz CT molecular complexity index is 196. The van der Waals surface area contributed by atoms with Crippen LogP contribution >= 0.6 is 0 Å². The van der Waals surface area contributed by atoms with Crippen molar-refractivity contribution >= 4 is 11.6 Å². The highest BCUT2D eigenvalue weighted by molar-refractivity contribution is 5.94. The van der Waals surface area contributed by atoms with Crippen molar-refractivity contribution in [3.8, 4) is 0 Å². The minimum absolute atomic E-state index is 0.389. The summed E-state index contributed by atoms with van der Waals surface area (Å²) in [6, 6.07) is 0. The lowest BCUT2D eigenvalue weighted by Gasteiger charge is -2.18. The van der Waals surface area contributed by atoms with Gasteiger partial charge in [0.15, 0.2) is 11.6 Å². The maximum absolute atomic E-state index is 11.2. The molecule has 0 heterocycles. The molecule has 0 bridgehead atoms. The molecule has 2 unspecified atom stereocenters. The topological polar surface area (TPSA) is 74.6 Å². The Balaban J connectivity index is 4.46. The van der Waals surface area contributed by atoms with E-state index in [2.05, 4.69) is 0 Å². The first-order valence-electron chi connectivity index (χ1n) is 4.72. The first-order chi connectivity index (χ1) is 6.29. The molecule has 0 aromatic rings. The normalized spacial score (nSPS) is 15.7. The minimum atomic E-state index is -1.59. The molecule has 0 radical (unpaired) electrons. The van der Waals surface area contributed by atoms with Gasteiger partial charge in [0.25, 0.3) is 0 Å². The lowest BCUT2D eigenvalue weighted by atomic mass is 9.94. The number of hydrogen-bond donors (Lipinski definition) is 2. The summed E-state index contributed by atoms with van der Waals surface area (Å²) in [4.78, 5) is 22.5. The summed E-state index contributed by atoms with van der Waals surface area (Å²) < 4.78 is 0. The van der Waals surface area contributed by atoms with Gasteiger partial charge >= 0.3 is 0 Å². The maximum Gasteiger partial charge on any atom is 0.166 e. The highest BCUT2D eigenvalue weighted by Gasteiger charge is 2.32. The van der Waals surface area contributed by atoms with Crippen LogP contribution in [-0.2, 0) is 9.59 Å². The first-order valence-corrected chi connectivity index (χ1v) is 4.72. The van der Waals surface area contributed by atoms with Crippen molar-refractivity contribution in [2.75, 3.05) is 0 Å². The summed E-state index contributed by atoms with van der Waals surface area (Å²) in [7, 11) is 0. The van der Waals surface area contributed by atoms with E-state index in [1.54, 1.807) is 27.7 Å². The summed E-state index contributed by atoms with van der Waals surface area (Å²) >= 11 is 0. The molecule has 0 rings (SSSR count). The Morgan fingerprint density at radius 1 is 0.786 bits per heavy atom. The molecule has 0 aromatic heterocycles. The average molecular weight is 202 g/mol. The van der Waals surface area contributed by atoms with Crippen LogP contribution in [0, 0.1) is 11.8 Å². The van der Waals surface area contributed by atoms with Crippen LogP contribution in [0.25, 0.3) is 0 Å². The van der Waals surface area contributed by atoms with Gasteiger partial charge in [-0.05, 0) is 0 Å².